The third-order valence-electron chi connectivity index (χ3n) is 3.24. The first kappa shape index (κ1) is 15.5. The minimum absolute atomic E-state index is 0.109. The van der Waals surface area contributed by atoms with Crippen LogP contribution < -0.4 is 4.90 Å². The summed E-state index contributed by atoms with van der Waals surface area (Å²) in [5.74, 6) is -0.446. The Bertz CT molecular complexity index is 414. The molecule has 0 bridgehead atoms. The summed E-state index contributed by atoms with van der Waals surface area (Å²) in [4.78, 5) is 17.2. The summed E-state index contributed by atoms with van der Waals surface area (Å²) in [5.41, 5.74) is 1.06. The predicted octanol–water partition coefficient (Wildman–Crippen LogP) is 3.43. The zero-order valence-corrected chi connectivity index (χ0v) is 12.3. The van der Waals surface area contributed by atoms with E-state index in [2.05, 4.69) is 37.6 Å². The minimum Gasteiger partial charge on any atom is -0.477 e. The molecule has 0 radical (unpaired) electrons. The Balaban J connectivity index is 3.08. The van der Waals surface area contributed by atoms with Crippen molar-refractivity contribution in [1.82, 2.24) is 4.98 Å². The lowest BCUT2D eigenvalue weighted by Crippen LogP contribution is -2.37. The SMILES string of the molecule is CCC(CC)N(CC(C)C)c1ccnc(C(=O)O)c1. The number of pyridine rings is 1. The third-order valence-corrected chi connectivity index (χ3v) is 3.24. The van der Waals surface area contributed by atoms with Gasteiger partial charge in [-0.15, -0.1) is 0 Å². The Kier molecular flexibility index (Phi) is 5.80. The summed E-state index contributed by atoms with van der Waals surface area (Å²) < 4.78 is 0. The van der Waals surface area contributed by atoms with Gasteiger partial charge in [0.2, 0.25) is 0 Å². The smallest absolute Gasteiger partial charge is 0.354 e. The molecule has 0 amide bonds. The summed E-state index contributed by atoms with van der Waals surface area (Å²) in [6, 6.07) is 4.00. The van der Waals surface area contributed by atoms with Gasteiger partial charge in [-0.05, 0) is 30.9 Å². The van der Waals surface area contributed by atoms with Crippen molar-refractivity contribution >= 4 is 11.7 Å². The van der Waals surface area contributed by atoms with Crippen LogP contribution in [0.5, 0.6) is 0 Å². The number of carbonyl (C=O) groups is 1. The van der Waals surface area contributed by atoms with Gasteiger partial charge in [0, 0.05) is 24.5 Å². The van der Waals surface area contributed by atoms with E-state index < -0.39 is 5.97 Å². The fraction of sp³-hybridized carbons (Fsp3) is 0.600. The summed E-state index contributed by atoms with van der Waals surface area (Å²) in [6.07, 6.45) is 3.68. The molecule has 0 saturated heterocycles. The van der Waals surface area contributed by atoms with Gasteiger partial charge >= 0.3 is 5.97 Å². The van der Waals surface area contributed by atoms with E-state index in [0.717, 1.165) is 25.1 Å². The average molecular weight is 264 g/mol. The van der Waals surface area contributed by atoms with Crippen LogP contribution in [-0.4, -0.2) is 28.6 Å². The topological polar surface area (TPSA) is 53.4 Å². The number of nitrogens with zero attached hydrogens (tertiary/aromatic N) is 2. The average Bonchev–Trinajstić information content (AvgIpc) is 2.38. The molecule has 0 aromatic carbocycles. The molecule has 1 rings (SSSR count). The number of anilines is 1. The van der Waals surface area contributed by atoms with Crippen LogP contribution in [0.15, 0.2) is 18.3 Å². The van der Waals surface area contributed by atoms with Crippen molar-refractivity contribution in [3.8, 4) is 0 Å². The molecule has 1 heterocycles. The molecule has 0 aliphatic carbocycles. The molecule has 1 N–H and O–H groups in total. The van der Waals surface area contributed by atoms with E-state index in [9.17, 15) is 4.79 Å². The highest BCUT2D eigenvalue weighted by Crippen LogP contribution is 2.22. The van der Waals surface area contributed by atoms with Crippen LogP contribution >= 0.6 is 0 Å². The summed E-state index contributed by atoms with van der Waals surface area (Å²) in [5, 5.41) is 9.04. The summed E-state index contributed by atoms with van der Waals surface area (Å²) >= 11 is 0. The highest BCUT2D eigenvalue weighted by atomic mass is 16.4. The van der Waals surface area contributed by atoms with Gasteiger partial charge in [-0.2, -0.15) is 0 Å². The highest BCUT2D eigenvalue weighted by Gasteiger charge is 2.18. The Morgan fingerprint density at radius 2 is 2.00 bits per heavy atom. The zero-order valence-electron chi connectivity index (χ0n) is 12.3. The first-order valence-corrected chi connectivity index (χ1v) is 6.95. The van der Waals surface area contributed by atoms with E-state index in [-0.39, 0.29) is 5.69 Å². The molecule has 0 aliphatic heterocycles. The van der Waals surface area contributed by atoms with Gasteiger partial charge in [-0.25, -0.2) is 9.78 Å². The number of aromatic nitrogens is 1. The van der Waals surface area contributed by atoms with Gasteiger partial charge in [0.05, 0.1) is 0 Å². The van der Waals surface area contributed by atoms with Gasteiger partial charge < -0.3 is 10.0 Å². The van der Waals surface area contributed by atoms with Crippen LogP contribution in [0.3, 0.4) is 0 Å². The molecule has 106 valence electrons. The van der Waals surface area contributed by atoms with Crippen LogP contribution in [0.1, 0.15) is 51.0 Å². The Labute approximate surface area is 115 Å². The highest BCUT2D eigenvalue weighted by molar-refractivity contribution is 5.86. The number of hydrogen-bond acceptors (Lipinski definition) is 3. The number of carboxylic acid groups (broad SMARTS) is 1. The lowest BCUT2D eigenvalue weighted by atomic mass is 10.1. The van der Waals surface area contributed by atoms with Crippen molar-refractivity contribution in [2.24, 2.45) is 5.92 Å². The second-order valence-corrected chi connectivity index (χ2v) is 5.22. The molecule has 0 atom stereocenters. The Hall–Kier alpha value is -1.58. The van der Waals surface area contributed by atoms with Crippen molar-refractivity contribution in [2.75, 3.05) is 11.4 Å². The predicted molar refractivity (Wildman–Crippen MR) is 77.8 cm³/mol. The summed E-state index contributed by atoms with van der Waals surface area (Å²) in [6.45, 7) is 9.61. The number of carboxylic acids is 1. The van der Waals surface area contributed by atoms with Crippen LogP contribution in [0.2, 0.25) is 0 Å². The maximum atomic E-state index is 11.0. The number of rotatable bonds is 7. The van der Waals surface area contributed by atoms with E-state index in [1.165, 1.54) is 0 Å². The van der Waals surface area contributed by atoms with Crippen molar-refractivity contribution < 1.29 is 9.90 Å². The van der Waals surface area contributed by atoms with Gasteiger partial charge in [0.1, 0.15) is 5.69 Å². The molecule has 0 unspecified atom stereocenters. The fourth-order valence-electron chi connectivity index (χ4n) is 2.30. The van der Waals surface area contributed by atoms with E-state index in [1.54, 1.807) is 12.3 Å². The maximum absolute atomic E-state index is 11.0. The molecule has 0 saturated carbocycles. The Morgan fingerprint density at radius 1 is 1.37 bits per heavy atom. The number of aromatic carboxylic acids is 1. The van der Waals surface area contributed by atoms with E-state index in [0.29, 0.717) is 12.0 Å². The van der Waals surface area contributed by atoms with Crippen LogP contribution in [-0.2, 0) is 0 Å². The van der Waals surface area contributed by atoms with Gasteiger partial charge in [-0.3, -0.25) is 0 Å². The Morgan fingerprint density at radius 3 is 2.47 bits per heavy atom. The first-order valence-electron chi connectivity index (χ1n) is 6.95. The third kappa shape index (κ3) is 4.23. The van der Waals surface area contributed by atoms with Crippen LogP contribution in [0, 0.1) is 5.92 Å². The molecule has 19 heavy (non-hydrogen) atoms. The molecule has 1 aromatic heterocycles. The lowest BCUT2D eigenvalue weighted by molar-refractivity contribution is 0.0690. The molecule has 0 aliphatic rings. The van der Waals surface area contributed by atoms with Gasteiger partial charge in [0.15, 0.2) is 0 Å². The molecule has 4 nitrogen and oxygen atoms in total. The molecule has 0 fully saturated rings. The van der Waals surface area contributed by atoms with Crippen molar-refractivity contribution in [3.05, 3.63) is 24.0 Å². The standard InChI is InChI=1S/C15H24N2O2/c1-5-12(6-2)17(10-11(3)4)13-7-8-16-14(9-13)15(18)19/h7-9,11-12H,5-6,10H2,1-4H3,(H,18,19). The van der Waals surface area contributed by atoms with Crippen LogP contribution in [0.25, 0.3) is 0 Å². The molecule has 4 heteroatoms. The van der Waals surface area contributed by atoms with Gasteiger partial charge in [0.25, 0.3) is 0 Å². The molecule has 0 spiro atoms. The summed E-state index contributed by atoms with van der Waals surface area (Å²) in [7, 11) is 0. The van der Waals surface area contributed by atoms with E-state index >= 15 is 0 Å². The van der Waals surface area contributed by atoms with E-state index in [1.807, 2.05) is 6.07 Å². The zero-order chi connectivity index (χ0) is 14.4. The number of hydrogen-bond donors (Lipinski definition) is 1. The lowest BCUT2D eigenvalue weighted by Gasteiger charge is -2.34. The van der Waals surface area contributed by atoms with Crippen LogP contribution in [0.4, 0.5) is 5.69 Å². The minimum atomic E-state index is -0.976. The fourth-order valence-corrected chi connectivity index (χ4v) is 2.30. The van der Waals surface area contributed by atoms with E-state index in [4.69, 9.17) is 5.11 Å². The quantitative estimate of drug-likeness (QED) is 0.819. The second-order valence-electron chi connectivity index (χ2n) is 5.22. The first-order chi connectivity index (χ1) is 8.99. The maximum Gasteiger partial charge on any atom is 0.354 e. The normalized spacial score (nSPS) is 11.1. The van der Waals surface area contributed by atoms with Crippen molar-refractivity contribution in [1.29, 1.82) is 0 Å². The van der Waals surface area contributed by atoms with Gasteiger partial charge in [-0.1, -0.05) is 27.7 Å². The molecule has 1 aromatic rings. The molecular formula is C15H24N2O2. The van der Waals surface area contributed by atoms with Crippen molar-refractivity contribution in [3.63, 3.8) is 0 Å². The second kappa shape index (κ2) is 7.12. The largest absolute Gasteiger partial charge is 0.477 e. The molecular weight excluding hydrogens is 240 g/mol. The van der Waals surface area contributed by atoms with Crippen molar-refractivity contribution in [2.45, 2.75) is 46.6 Å². The monoisotopic (exact) mass is 264 g/mol.